The minimum atomic E-state index is -4.35. The Bertz CT molecular complexity index is 1110. The zero-order valence-electron chi connectivity index (χ0n) is 35.2. The number of rotatable bonds is 37. The first-order valence-corrected chi connectivity index (χ1v) is 22.8. The van der Waals surface area contributed by atoms with Crippen molar-refractivity contribution in [2.75, 3.05) is 40.9 Å². The van der Waals surface area contributed by atoms with Crippen molar-refractivity contribution in [2.45, 2.75) is 167 Å². The Balaban J connectivity index is 4.42. The molecule has 54 heavy (non-hydrogen) atoms. The number of carbonyl (C=O) groups is 1. The molecule has 0 aliphatic carbocycles. The Morgan fingerprint density at radius 1 is 0.648 bits per heavy atom. The molecule has 3 unspecified atom stereocenters. The van der Waals surface area contributed by atoms with Gasteiger partial charge in [0.2, 0.25) is 5.91 Å². The van der Waals surface area contributed by atoms with Gasteiger partial charge in [0.1, 0.15) is 13.2 Å². The van der Waals surface area contributed by atoms with Crippen molar-refractivity contribution in [3.63, 3.8) is 0 Å². The molecular formula is C45H82N2O6P+. The molecule has 0 fully saturated rings. The summed E-state index contributed by atoms with van der Waals surface area (Å²) >= 11 is 0. The largest absolute Gasteiger partial charge is 0.472 e. The normalized spacial score (nSPS) is 15.2. The molecule has 0 aliphatic rings. The van der Waals surface area contributed by atoms with Crippen LogP contribution >= 0.6 is 7.82 Å². The second kappa shape index (κ2) is 36.6. The van der Waals surface area contributed by atoms with Crippen molar-refractivity contribution in [3.05, 3.63) is 72.9 Å². The molecule has 0 saturated heterocycles. The van der Waals surface area contributed by atoms with E-state index in [0.717, 1.165) is 70.6 Å². The minimum absolute atomic E-state index is 0.0506. The van der Waals surface area contributed by atoms with Gasteiger partial charge < -0.3 is 19.8 Å². The van der Waals surface area contributed by atoms with Crippen molar-refractivity contribution in [3.8, 4) is 0 Å². The summed E-state index contributed by atoms with van der Waals surface area (Å²) in [6.45, 7) is 4.62. The topological polar surface area (TPSA) is 105 Å². The number of unbranched alkanes of at least 4 members (excludes halogenated alkanes) is 14. The van der Waals surface area contributed by atoms with Gasteiger partial charge in [0.05, 0.1) is 39.9 Å². The number of allylic oxidation sites excluding steroid dienone is 11. The average molecular weight is 778 g/mol. The lowest BCUT2D eigenvalue weighted by molar-refractivity contribution is -0.870. The third-order valence-corrected chi connectivity index (χ3v) is 9.89. The number of nitrogens with one attached hydrogen (secondary N) is 1. The molecule has 3 atom stereocenters. The fourth-order valence-electron chi connectivity index (χ4n) is 5.52. The highest BCUT2D eigenvalue weighted by molar-refractivity contribution is 7.47. The molecule has 0 aromatic heterocycles. The van der Waals surface area contributed by atoms with Crippen molar-refractivity contribution in [1.29, 1.82) is 0 Å². The monoisotopic (exact) mass is 778 g/mol. The van der Waals surface area contributed by atoms with Crippen LogP contribution in [0.3, 0.4) is 0 Å². The number of phosphoric ester groups is 1. The summed E-state index contributed by atoms with van der Waals surface area (Å²) in [5.41, 5.74) is 0. The molecule has 3 N–H and O–H groups in total. The molecule has 0 aromatic rings. The molecule has 312 valence electrons. The SMILES string of the molecule is CC/C=C\C/C=C\C/C=C\C/C=C\CCCCCCCCCCC(=O)NC(COP(=O)(O)OCC[N+](C)(C)C)C(O)/C=C/CC/C=C/CCCCCCC. The molecule has 9 heteroatoms. The van der Waals surface area contributed by atoms with Crippen LogP contribution in [0, 0.1) is 0 Å². The van der Waals surface area contributed by atoms with Crippen LogP contribution in [-0.4, -0.2) is 73.4 Å². The highest BCUT2D eigenvalue weighted by Crippen LogP contribution is 2.43. The predicted octanol–water partition coefficient (Wildman–Crippen LogP) is 11.6. The highest BCUT2D eigenvalue weighted by Gasteiger charge is 2.27. The summed E-state index contributed by atoms with van der Waals surface area (Å²) < 4.78 is 23.5. The van der Waals surface area contributed by atoms with Crippen molar-refractivity contribution in [2.24, 2.45) is 0 Å². The van der Waals surface area contributed by atoms with E-state index in [1.807, 2.05) is 27.2 Å². The number of hydrogen-bond donors (Lipinski definition) is 3. The third-order valence-electron chi connectivity index (χ3n) is 8.91. The lowest BCUT2D eigenvalue weighted by Gasteiger charge is -2.25. The Kier molecular flexibility index (Phi) is 35.2. The summed E-state index contributed by atoms with van der Waals surface area (Å²) in [5, 5.41) is 13.7. The standard InChI is InChI=1S/C45H81N2O6P/c1-6-8-10-12-14-16-18-19-20-21-22-23-24-25-26-27-29-31-33-35-37-39-45(49)46-43(42-53-54(50,51)52-41-40-47(3,4)5)44(48)38-36-34-32-30-28-17-15-13-11-9-7-2/h8,10,14,16,19-20,22-23,28,30,36,38,43-44,48H,6-7,9,11-13,15,17-18,21,24-27,29,31-35,37,39-42H2,1-5H3,(H-,46,49,50,51)/p+1/b10-8-,16-14-,20-19-,23-22-,30-28+,38-36+. The maximum absolute atomic E-state index is 12.8. The van der Waals surface area contributed by atoms with Gasteiger partial charge in [-0.25, -0.2) is 4.57 Å². The Morgan fingerprint density at radius 2 is 1.13 bits per heavy atom. The molecule has 0 heterocycles. The first-order valence-electron chi connectivity index (χ1n) is 21.3. The number of likely N-dealkylation sites (N-methyl/N-ethyl adjacent to an activating group) is 1. The van der Waals surface area contributed by atoms with Crippen LogP contribution < -0.4 is 5.32 Å². The summed E-state index contributed by atoms with van der Waals surface area (Å²) in [6, 6.07) is -0.869. The summed E-state index contributed by atoms with van der Waals surface area (Å²) in [5.74, 6) is -0.201. The number of hydrogen-bond acceptors (Lipinski definition) is 5. The number of carbonyl (C=O) groups excluding carboxylic acids is 1. The Hall–Kier alpha value is -2.06. The van der Waals surface area contributed by atoms with E-state index in [-0.39, 0.29) is 19.1 Å². The van der Waals surface area contributed by atoms with E-state index < -0.39 is 20.0 Å². The number of nitrogens with zero attached hydrogens (tertiary/aromatic N) is 1. The molecule has 1 amide bonds. The van der Waals surface area contributed by atoms with Crippen LogP contribution in [-0.2, 0) is 18.4 Å². The van der Waals surface area contributed by atoms with Crippen LogP contribution in [0.15, 0.2) is 72.9 Å². The smallest absolute Gasteiger partial charge is 0.387 e. The van der Waals surface area contributed by atoms with Crippen LogP contribution in [0.4, 0.5) is 0 Å². The van der Waals surface area contributed by atoms with Gasteiger partial charge in [0.15, 0.2) is 0 Å². The molecule has 0 aromatic carbocycles. The summed E-state index contributed by atoms with van der Waals surface area (Å²) in [7, 11) is 1.53. The fraction of sp³-hybridized carbons (Fsp3) is 0.711. The number of aliphatic hydroxyl groups excluding tert-OH is 1. The van der Waals surface area contributed by atoms with E-state index in [1.165, 1.54) is 64.2 Å². The molecule has 8 nitrogen and oxygen atoms in total. The average Bonchev–Trinajstić information content (AvgIpc) is 3.12. The third kappa shape index (κ3) is 38.2. The van der Waals surface area contributed by atoms with Gasteiger partial charge in [0, 0.05) is 6.42 Å². The van der Waals surface area contributed by atoms with Gasteiger partial charge in [-0.1, -0.05) is 151 Å². The van der Waals surface area contributed by atoms with Gasteiger partial charge >= 0.3 is 7.82 Å². The molecule has 0 radical (unpaired) electrons. The zero-order valence-corrected chi connectivity index (χ0v) is 36.1. The predicted molar refractivity (Wildman–Crippen MR) is 230 cm³/mol. The summed E-state index contributed by atoms with van der Waals surface area (Å²) in [6.07, 6.45) is 48.3. The van der Waals surface area contributed by atoms with E-state index in [4.69, 9.17) is 9.05 Å². The van der Waals surface area contributed by atoms with Crippen LogP contribution in [0.5, 0.6) is 0 Å². The van der Waals surface area contributed by atoms with E-state index >= 15 is 0 Å². The van der Waals surface area contributed by atoms with Crippen molar-refractivity contribution in [1.82, 2.24) is 5.32 Å². The molecule has 0 saturated carbocycles. The van der Waals surface area contributed by atoms with Gasteiger partial charge in [-0.05, 0) is 70.6 Å². The molecule has 0 rings (SSSR count). The fourth-order valence-corrected chi connectivity index (χ4v) is 6.25. The van der Waals surface area contributed by atoms with E-state index in [1.54, 1.807) is 6.08 Å². The zero-order chi connectivity index (χ0) is 40.0. The second-order valence-corrected chi connectivity index (χ2v) is 16.8. The minimum Gasteiger partial charge on any atom is -0.387 e. The number of amides is 1. The molecule has 0 spiro atoms. The van der Waals surface area contributed by atoms with Crippen LogP contribution in [0.25, 0.3) is 0 Å². The van der Waals surface area contributed by atoms with Crippen LogP contribution in [0.2, 0.25) is 0 Å². The van der Waals surface area contributed by atoms with Crippen molar-refractivity contribution >= 4 is 13.7 Å². The summed E-state index contributed by atoms with van der Waals surface area (Å²) in [4.78, 5) is 23.1. The Morgan fingerprint density at radius 3 is 1.70 bits per heavy atom. The Labute approximate surface area is 332 Å². The molecule has 0 bridgehead atoms. The molecular weight excluding hydrogens is 695 g/mol. The quantitative estimate of drug-likeness (QED) is 0.0251. The lowest BCUT2D eigenvalue weighted by atomic mass is 10.1. The maximum atomic E-state index is 12.8. The first kappa shape index (κ1) is 51.9. The molecule has 0 aliphatic heterocycles. The van der Waals surface area contributed by atoms with Crippen molar-refractivity contribution < 1.29 is 32.9 Å². The first-order chi connectivity index (χ1) is 26.0. The van der Waals surface area contributed by atoms with E-state index in [2.05, 4.69) is 79.9 Å². The van der Waals surface area contributed by atoms with Gasteiger partial charge in [-0.3, -0.25) is 13.8 Å². The number of phosphoric acid groups is 1. The number of aliphatic hydroxyl groups is 1. The van der Waals surface area contributed by atoms with Crippen LogP contribution in [0.1, 0.15) is 155 Å². The van der Waals surface area contributed by atoms with Gasteiger partial charge in [0.25, 0.3) is 0 Å². The number of quaternary nitrogens is 1. The second-order valence-electron chi connectivity index (χ2n) is 15.3. The lowest BCUT2D eigenvalue weighted by Crippen LogP contribution is -2.45. The van der Waals surface area contributed by atoms with E-state index in [9.17, 15) is 19.4 Å². The van der Waals surface area contributed by atoms with E-state index in [0.29, 0.717) is 17.4 Å². The highest BCUT2D eigenvalue weighted by atomic mass is 31.2. The maximum Gasteiger partial charge on any atom is 0.472 e. The van der Waals surface area contributed by atoms with Gasteiger partial charge in [-0.2, -0.15) is 0 Å². The van der Waals surface area contributed by atoms with Gasteiger partial charge in [-0.15, -0.1) is 0 Å².